The second kappa shape index (κ2) is 5.57. The lowest BCUT2D eigenvalue weighted by Gasteiger charge is -2.07. The van der Waals surface area contributed by atoms with E-state index >= 15 is 0 Å². The molecule has 0 amide bonds. The molecule has 0 radical (unpaired) electrons. The third-order valence-electron chi connectivity index (χ3n) is 1.73. The molecular formula is C10H14FNO2. The minimum Gasteiger partial charge on any atom is -0.488 e. The molecule has 0 atom stereocenters. The zero-order chi connectivity index (χ0) is 10.4. The molecule has 1 aromatic rings. The average Bonchev–Trinajstić information content (AvgIpc) is 2.19. The van der Waals surface area contributed by atoms with Crippen molar-refractivity contribution in [1.82, 2.24) is 5.32 Å². The number of benzene rings is 1. The van der Waals surface area contributed by atoms with E-state index < -0.39 is 5.82 Å². The van der Waals surface area contributed by atoms with E-state index in [1.54, 1.807) is 12.1 Å². The van der Waals surface area contributed by atoms with Crippen molar-refractivity contribution in [2.45, 2.75) is 6.54 Å². The smallest absolute Gasteiger partial charge is 0.165 e. The molecule has 0 aromatic heterocycles. The molecule has 0 aliphatic heterocycles. The zero-order valence-electron chi connectivity index (χ0n) is 8.09. The number of aliphatic hydroxyl groups is 1. The van der Waals surface area contributed by atoms with Crippen LogP contribution in [-0.4, -0.2) is 25.4 Å². The van der Waals surface area contributed by atoms with E-state index in [0.717, 1.165) is 5.56 Å². The number of nitrogens with one attached hydrogen (secondary N) is 1. The summed E-state index contributed by atoms with van der Waals surface area (Å²) in [7, 11) is 1.82. The number of hydrogen-bond acceptors (Lipinski definition) is 3. The minimum atomic E-state index is -0.404. The molecule has 0 heterocycles. The monoisotopic (exact) mass is 199 g/mol. The summed E-state index contributed by atoms with van der Waals surface area (Å²) in [4.78, 5) is 0. The Morgan fingerprint density at radius 3 is 2.93 bits per heavy atom. The lowest BCUT2D eigenvalue weighted by molar-refractivity contribution is 0.196. The van der Waals surface area contributed by atoms with Gasteiger partial charge in [0.1, 0.15) is 6.61 Å². The van der Waals surface area contributed by atoms with Gasteiger partial charge in [-0.3, -0.25) is 0 Å². The van der Waals surface area contributed by atoms with Crippen LogP contribution in [0.15, 0.2) is 18.2 Å². The molecule has 0 saturated heterocycles. The molecule has 0 bridgehead atoms. The van der Waals surface area contributed by atoms with Gasteiger partial charge in [0.25, 0.3) is 0 Å². The van der Waals surface area contributed by atoms with E-state index in [1.807, 2.05) is 7.05 Å². The van der Waals surface area contributed by atoms with E-state index in [4.69, 9.17) is 9.84 Å². The lowest BCUT2D eigenvalue weighted by Crippen LogP contribution is -2.07. The van der Waals surface area contributed by atoms with Crippen LogP contribution in [0.4, 0.5) is 4.39 Å². The molecule has 0 unspecified atom stereocenters. The van der Waals surface area contributed by atoms with Gasteiger partial charge in [0.2, 0.25) is 0 Å². The summed E-state index contributed by atoms with van der Waals surface area (Å²) in [5.74, 6) is -0.217. The molecule has 0 spiro atoms. The quantitative estimate of drug-likeness (QED) is 0.740. The molecule has 78 valence electrons. The Hall–Kier alpha value is -1.13. The van der Waals surface area contributed by atoms with Gasteiger partial charge in [-0.1, -0.05) is 6.07 Å². The number of rotatable bonds is 5. The highest BCUT2D eigenvalue weighted by molar-refractivity contribution is 5.30. The van der Waals surface area contributed by atoms with Crippen molar-refractivity contribution < 1.29 is 14.2 Å². The number of aliphatic hydroxyl groups excluding tert-OH is 1. The highest BCUT2D eigenvalue weighted by Gasteiger charge is 2.03. The Balaban J connectivity index is 2.74. The predicted octanol–water partition coefficient (Wildman–Crippen LogP) is 0.916. The van der Waals surface area contributed by atoms with Crippen LogP contribution in [0.3, 0.4) is 0 Å². The normalized spacial score (nSPS) is 10.2. The first-order valence-electron chi connectivity index (χ1n) is 4.44. The highest BCUT2D eigenvalue weighted by Crippen LogP contribution is 2.18. The number of ether oxygens (including phenoxy) is 1. The zero-order valence-corrected chi connectivity index (χ0v) is 8.09. The van der Waals surface area contributed by atoms with Crippen LogP contribution >= 0.6 is 0 Å². The molecule has 3 nitrogen and oxygen atoms in total. The fraction of sp³-hybridized carbons (Fsp3) is 0.400. The van der Waals surface area contributed by atoms with Crippen LogP contribution in [0, 0.1) is 5.82 Å². The molecule has 4 heteroatoms. The fourth-order valence-electron chi connectivity index (χ4n) is 1.13. The maximum Gasteiger partial charge on any atom is 0.165 e. The van der Waals surface area contributed by atoms with Crippen molar-refractivity contribution in [2.75, 3.05) is 20.3 Å². The summed E-state index contributed by atoms with van der Waals surface area (Å²) >= 11 is 0. The van der Waals surface area contributed by atoms with Gasteiger partial charge in [-0.25, -0.2) is 4.39 Å². The first kappa shape index (κ1) is 10.9. The van der Waals surface area contributed by atoms with E-state index in [-0.39, 0.29) is 19.0 Å². The first-order valence-corrected chi connectivity index (χ1v) is 4.44. The number of hydrogen-bond donors (Lipinski definition) is 2. The summed E-state index contributed by atoms with van der Waals surface area (Å²) in [5.41, 5.74) is 0.946. The molecule has 0 aliphatic rings. The van der Waals surface area contributed by atoms with Crippen LogP contribution in [0.5, 0.6) is 5.75 Å². The van der Waals surface area contributed by atoms with Crippen molar-refractivity contribution in [2.24, 2.45) is 0 Å². The molecule has 1 aromatic carbocycles. The summed E-state index contributed by atoms with van der Waals surface area (Å²) in [6, 6.07) is 4.68. The summed E-state index contributed by atoms with van der Waals surface area (Å²) in [6.07, 6.45) is 0. The van der Waals surface area contributed by atoms with E-state index in [9.17, 15) is 4.39 Å². The van der Waals surface area contributed by atoms with Gasteiger partial charge in [-0.05, 0) is 24.7 Å². The van der Waals surface area contributed by atoms with Crippen LogP contribution < -0.4 is 10.1 Å². The van der Waals surface area contributed by atoms with Gasteiger partial charge in [-0.2, -0.15) is 0 Å². The Morgan fingerprint density at radius 2 is 2.29 bits per heavy atom. The summed E-state index contributed by atoms with van der Waals surface area (Å²) in [5, 5.41) is 11.5. The minimum absolute atomic E-state index is 0.111. The van der Waals surface area contributed by atoms with Crippen molar-refractivity contribution in [3.8, 4) is 5.75 Å². The molecule has 0 aliphatic carbocycles. The van der Waals surface area contributed by atoms with Gasteiger partial charge < -0.3 is 15.2 Å². The Bertz CT molecular complexity index is 291. The standard InChI is InChI=1S/C10H14FNO2/c1-12-7-8-2-3-9(11)10(6-8)14-5-4-13/h2-3,6,12-13H,4-5,7H2,1H3. The van der Waals surface area contributed by atoms with Gasteiger partial charge in [-0.15, -0.1) is 0 Å². The second-order valence-electron chi connectivity index (χ2n) is 2.87. The molecule has 14 heavy (non-hydrogen) atoms. The van der Waals surface area contributed by atoms with Crippen LogP contribution in [-0.2, 0) is 6.54 Å². The van der Waals surface area contributed by atoms with Crippen molar-refractivity contribution in [1.29, 1.82) is 0 Å². The van der Waals surface area contributed by atoms with Crippen LogP contribution in [0.2, 0.25) is 0 Å². The van der Waals surface area contributed by atoms with Crippen molar-refractivity contribution >= 4 is 0 Å². The van der Waals surface area contributed by atoms with Crippen LogP contribution in [0.25, 0.3) is 0 Å². The van der Waals surface area contributed by atoms with E-state index in [1.165, 1.54) is 6.07 Å². The second-order valence-corrected chi connectivity index (χ2v) is 2.87. The molecule has 0 saturated carbocycles. The highest BCUT2D eigenvalue weighted by atomic mass is 19.1. The topological polar surface area (TPSA) is 41.5 Å². The third kappa shape index (κ3) is 2.97. The van der Waals surface area contributed by atoms with Gasteiger partial charge in [0.15, 0.2) is 11.6 Å². The fourth-order valence-corrected chi connectivity index (χ4v) is 1.13. The molecule has 1 rings (SSSR count). The first-order chi connectivity index (χ1) is 6.77. The molecule has 0 fully saturated rings. The molecular weight excluding hydrogens is 185 g/mol. The van der Waals surface area contributed by atoms with Crippen LogP contribution in [0.1, 0.15) is 5.56 Å². The third-order valence-corrected chi connectivity index (χ3v) is 1.73. The summed E-state index contributed by atoms with van der Waals surface area (Å²) in [6.45, 7) is 0.658. The number of halogens is 1. The lowest BCUT2D eigenvalue weighted by atomic mass is 10.2. The average molecular weight is 199 g/mol. The SMILES string of the molecule is CNCc1ccc(F)c(OCCO)c1. The van der Waals surface area contributed by atoms with Gasteiger partial charge in [0, 0.05) is 6.54 Å². The summed E-state index contributed by atoms with van der Waals surface area (Å²) < 4.78 is 18.1. The van der Waals surface area contributed by atoms with E-state index in [0.29, 0.717) is 6.54 Å². The van der Waals surface area contributed by atoms with Crippen molar-refractivity contribution in [3.63, 3.8) is 0 Å². The van der Waals surface area contributed by atoms with Crippen molar-refractivity contribution in [3.05, 3.63) is 29.6 Å². The Morgan fingerprint density at radius 1 is 1.50 bits per heavy atom. The molecule has 2 N–H and O–H groups in total. The van der Waals surface area contributed by atoms with E-state index in [2.05, 4.69) is 5.32 Å². The maximum atomic E-state index is 13.1. The van der Waals surface area contributed by atoms with Gasteiger partial charge in [0.05, 0.1) is 6.61 Å². The predicted molar refractivity (Wildman–Crippen MR) is 51.7 cm³/mol. The Labute approximate surface area is 82.5 Å². The largest absolute Gasteiger partial charge is 0.488 e. The Kier molecular flexibility index (Phi) is 4.35. The van der Waals surface area contributed by atoms with Gasteiger partial charge >= 0.3 is 0 Å². The maximum absolute atomic E-state index is 13.1.